The Labute approximate surface area is 204 Å². The number of ether oxygens (including phenoxy) is 2. The molecule has 6 rings (SSSR count). The Bertz CT molecular complexity index is 1250. The van der Waals surface area contributed by atoms with Crippen molar-refractivity contribution in [2.45, 2.75) is 51.0 Å². The summed E-state index contributed by atoms with van der Waals surface area (Å²) in [6, 6.07) is 3.07. The van der Waals surface area contributed by atoms with E-state index in [4.69, 9.17) is 19.6 Å². The quantitative estimate of drug-likeness (QED) is 0.561. The second-order valence-electron chi connectivity index (χ2n) is 9.85. The first-order valence-electron chi connectivity index (χ1n) is 11.3. The zero-order valence-electron chi connectivity index (χ0n) is 19.9. The highest BCUT2D eigenvalue weighted by Gasteiger charge is 2.49. The highest BCUT2D eigenvalue weighted by atomic mass is 32.1. The van der Waals surface area contributed by atoms with Gasteiger partial charge in [-0.1, -0.05) is 0 Å². The molecule has 0 spiro atoms. The number of piperidine rings is 1. The molecule has 1 aromatic carbocycles. The van der Waals surface area contributed by atoms with Crippen molar-refractivity contribution in [3.63, 3.8) is 0 Å². The number of hydrogen-bond donors (Lipinski definition) is 1. The van der Waals surface area contributed by atoms with Gasteiger partial charge in [0.25, 0.3) is 0 Å². The number of benzene rings is 1. The van der Waals surface area contributed by atoms with Gasteiger partial charge in [0.05, 0.1) is 12.1 Å². The van der Waals surface area contributed by atoms with Crippen molar-refractivity contribution < 1.29 is 28.2 Å². The Hall–Kier alpha value is -2.99. The molecule has 9 nitrogen and oxygen atoms in total. The van der Waals surface area contributed by atoms with Gasteiger partial charge >= 0.3 is 12.2 Å². The minimum atomic E-state index is -3.74. The van der Waals surface area contributed by atoms with Gasteiger partial charge in [-0.05, 0) is 39.3 Å². The van der Waals surface area contributed by atoms with Crippen molar-refractivity contribution in [3.8, 4) is 16.3 Å². The van der Waals surface area contributed by atoms with Crippen LogP contribution in [0.25, 0.3) is 21.6 Å². The predicted octanol–water partition coefficient (Wildman–Crippen LogP) is 3.86. The number of rotatable bonds is 5. The summed E-state index contributed by atoms with van der Waals surface area (Å²) in [6.07, 6.45) is -1.51. The van der Waals surface area contributed by atoms with E-state index in [1.54, 1.807) is 28.8 Å². The largest absolute Gasteiger partial charge is 0.444 e. The molecule has 3 fully saturated rings. The van der Waals surface area contributed by atoms with Crippen LogP contribution in [-0.2, 0) is 11.8 Å². The number of hydrogen-bond acceptors (Lipinski definition) is 8. The number of fused-ring (bicyclic) bond motifs is 3. The average molecular weight is 508 g/mol. The maximum Gasteiger partial charge on any atom is 0.421 e. The number of halogens is 2. The van der Waals surface area contributed by atoms with Gasteiger partial charge in [0.2, 0.25) is 5.95 Å². The van der Waals surface area contributed by atoms with Crippen LogP contribution in [0, 0.1) is 0 Å². The SMILES string of the molecule is Cn1c(N2CC3CC(C2)N3C(=O)OC(C)(C)C)nc2c(-c3nccs3)ccc(OC(F)(F)CO)c21. The van der Waals surface area contributed by atoms with Gasteiger partial charge in [0, 0.05) is 37.3 Å². The van der Waals surface area contributed by atoms with Crippen molar-refractivity contribution in [1.82, 2.24) is 19.4 Å². The van der Waals surface area contributed by atoms with Crippen molar-refractivity contribution in [2.75, 3.05) is 24.6 Å². The van der Waals surface area contributed by atoms with Crippen molar-refractivity contribution in [3.05, 3.63) is 23.7 Å². The molecule has 3 aromatic rings. The minimum absolute atomic E-state index is 0.0173. The Morgan fingerprint density at radius 1 is 1.26 bits per heavy atom. The van der Waals surface area contributed by atoms with Crippen LogP contribution in [-0.4, -0.2) is 74.1 Å². The molecule has 12 heteroatoms. The molecule has 3 saturated heterocycles. The zero-order valence-corrected chi connectivity index (χ0v) is 20.7. The second-order valence-corrected chi connectivity index (χ2v) is 10.7. The number of aliphatic hydroxyl groups excluding tert-OH is 1. The van der Waals surface area contributed by atoms with Gasteiger partial charge in [0.15, 0.2) is 5.75 Å². The smallest absolute Gasteiger partial charge is 0.421 e. The van der Waals surface area contributed by atoms with Crippen LogP contribution in [0.2, 0.25) is 0 Å². The summed E-state index contributed by atoms with van der Waals surface area (Å²) in [5.74, 6) is 0.498. The van der Waals surface area contributed by atoms with Gasteiger partial charge in [-0.2, -0.15) is 8.78 Å². The second kappa shape index (κ2) is 8.30. The number of thiazole rings is 1. The Morgan fingerprint density at radius 2 is 1.97 bits per heavy atom. The molecule has 1 amide bonds. The minimum Gasteiger partial charge on any atom is -0.444 e. The van der Waals surface area contributed by atoms with Crippen molar-refractivity contribution in [1.29, 1.82) is 0 Å². The van der Waals surface area contributed by atoms with Crippen LogP contribution in [0.3, 0.4) is 0 Å². The lowest BCUT2D eigenvalue weighted by molar-refractivity contribution is -0.200. The summed E-state index contributed by atoms with van der Waals surface area (Å²) in [6.45, 7) is 5.17. The first-order chi connectivity index (χ1) is 16.5. The van der Waals surface area contributed by atoms with Crippen LogP contribution >= 0.6 is 11.3 Å². The van der Waals surface area contributed by atoms with E-state index in [0.29, 0.717) is 40.6 Å². The molecule has 2 atom stereocenters. The summed E-state index contributed by atoms with van der Waals surface area (Å²) in [5, 5.41) is 11.6. The number of anilines is 1. The molecule has 3 aliphatic heterocycles. The summed E-state index contributed by atoms with van der Waals surface area (Å²) in [7, 11) is 1.74. The fourth-order valence-corrected chi connectivity index (χ4v) is 5.41. The topological polar surface area (TPSA) is 93.0 Å². The lowest BCUT2D eigenvalue weighted by Crippen LogP contribution is -2.71. The van der Waals surface area contributed by atoms with Crippen LogP contribution in [0.1, 0.15) is 27.2 Å². The summed E-state index contributed by atoms with van der Waals surface area (Å²) >= 11 is 1.42. The standard InChI is InChI=1S/C23H27F2N5O4S/c1-22(2,3)34-21(32)30-13-9-14(30)11-29(10-13)20-27-17-15(19-26-7-8-35-19)5-6-16(18(17)28(20)4)33-23(24,25)12-31/h5-8,13-14,31H,9-12H2,1-4H3. The molecule has 3 aliphatic rings. The van der Waals surface area contributed by atoms with Gasteiger partial charge in [-0.15, -0.1) is 11.3 Å². The molecular weight excluding hydrogens is 480 g/mol. The number of amides is 1. The number of nitrogens with zero attached hydrogens (tertiary/aromatic N) is 5. The number of aryl methyl sites for hydroxylation is 1. The third kappa shape index (κ3) is 4.29. The average Bonchev–Trinajstić information content (AvgIpc) is 3.41. The van der Waals surface area contributed by atoms with Crippen LogP contribution < -0.4 is 9.64 Å². The molecular formula is C23H27F2N5O4S. The molecule has 1 N–H and O–H groups in total. The van der Waals surface area contributed by atoms with Crippen molar-refractivity contribution in [2.24, 2.45) is 7.05 Å². The van der Waals surface area contributed by atoms with Gasteiger partial charge in [-0.3, -0.25) is 4.90 Å². The van der Waals surface area contributed by atoms with E-state index in [9.17, 15) is 13.6 Å². The van der Waals surface area contributed by atoms with Crippen LogP contribution in [0.4, 0.5) is 19.5 Å². The molecule has 0 radical (unpaired) electrons. The lowest BCUT2D eigenvalue weighted by Gasteiger charge is -2.55. The number of aromatic nitrogens is 3. The van der Waals surface area contributed by atoms with E-state index in [-0.39, 0.29) is 23.9 Å². The summed E-state index contributed by atoms with van der Waals surface area (Å²) in [5.41, 5.74) is 0.988. The normalized spacial score (nSPS) is 20.2. The molecule has 2 unspecified atom stereocenters. The maximum atomic E-state index is 14.0. The summed E-state index contributed by atoms with van der Waals surface area (Å²) < 4.78 is 40.1. The monoisotopic (exact) mass is 507 g/mol. The fourth-order valence-electron chi connectivity index (χ4n) is 4.75. The molecule has 188 valence electrons. The number of carbonyl (C=O) groups excluding carboxylic acids is 1. The van der Waals surface area contributed by atoms with Crippen LogP contribution in [0.15, 0.2) is 23.7 Å². The number of carbonyl (C=O) groups is 1. The third-order valence-corrected chi connectivity index (χ3v) is 6.95. The van der Waals surface area contributed by atoms with E-state index in [2.05, 4.69) is 9.88 Å². The predicted molar refractivity (Wildman–Crippen MR) is 127 cm³/mol. The molecule has 0 aliphatic carbocycles. The Morgan fingerprint density at radius 3 is 2.57 bits per heavy atom. The summed E-state index contributed by atoms with van der Waals surface area (Å²) in [4.78, 5) is 25.7. The van der Waals surface area contributed by atoms with E-state index < -0.39 is 18.3 Å². The zero-order chi connectivity index (χ0) is 25.1. The number of aliphatic hydroxyl groups is 1. The maximum absolute atomic E-state index is 14.0. The van der Waals surface area contributed by atoms with Crippen molar-refractivity contribution >= 4 is 34.4 Å². The van der Waals surface area contributed by atoms with Gasteiger partial charge in [0.1, 0.15) is 28.2 Å². The third-order valence-electron chi connectivity index (χ3n) is 6.15. The molecule has 5 heterocycles. The lowest BCUT2D eigenvalue weighted by atomic mass is 9.88. The van der Waals surface area contributed by atoms with E-state index in [0.717, 1.165) is 6.42 Å². The van der Waals surface area contributed by atoms with Crippen LogP contribution in [0.5, 0.6) is 5.75 Å². The number of alkyl halides is 2. The fraction of sp³-hybridized carbons (Fsp3) is 0.522. The van der Waals surface area contributed by atoms with E-state index >= 15 is 0 Å². The first-order valence-corrected chi connectivity index (χ1v) is 12.2. The van der Waals surface area contributed by atoms with Gasteiger partial charge < -0.3 is 24.0 Å². The molecule has 2 bridgehead atoms. The van der Waals surface area contributed by atoms with Gasteiger partial charge in [-0.25, -0.2) is 14.8 Å². The Kier molecular flexibility index (Phi) is 5.63. The highest BCUT2D eigenvalue weighted by molar-refractivity contribution is 7.13. The molecule has 0 saturated carbocycles. The Balaban J connectivity index is 1.50. The highest BCUT2D eigenvalue weighted by Crippen LogP contribution is 2.41. The molecule has 2 aromatic heterocycles. The van der Waals surface area contributed by atoms with E-state index in [1.165, 1.54) is 17.4 Å². The number of piperazine rings is 1. The van der Waals surface area contributed by atoms with E-state index in [1.807, 2.05) is 26.2 Å². The molecule has 35 heavy (non-hydrogen) atoms. The number of imidazole rings is 1. The first kappa shape index (κ1) is 23.7.